The van der Waals surface area contributed by atoms with Crippen LogP contribution in [0.2, 0.25) is 0 Å². The number of ether oxygens (including phenoxy) is 3. The minimum atomic E-state index is -0.309. The van der Waals surface area contributed by atoms with E-state index >= 15 is 0 Å². The van der Waals surface area contributed by atoms with Crippen LogP contribution in [0.25, 0.3) is 5.57 Å². The van der Waals surface area contributed by atoms with Crippen molar-refractivity contribution in [3.05, 3.63) is 46.3 Å². The van der Waals surface area contributed by atoms with Gasteiger partial charge in [-0.1, -0.05) is 6.07 Å². The maximum atomic E-state index is 13.3. The van der Waals surface area contributed by atoms with Crippen LogP contribution in [0.15, 0.2) is 41.4 Å². The Morgan fingerprint density at radius 1 is 0.935 bits per heavy atom. The smallest absolute Gasteiger partial charge is 0.278 e. The topological polar surface area (TPSA) is 80.3 Å². The van der Waals surface area contributed by atoms with E-state index in [9.17, 15) is 9.59 Å². The van der Waals surface area contributed by atoms with Gasteiger partial charge in [0.2, 0.25) is 0 Å². The fraction of sp³-hybridized carbons (Fsp3) is 0.364. The Balaban J connectivity index is 1.40. The van der Waals surface area contributed by atoms with E-state index in [1.807, 2.05) is 23.6 Å². The zero-order valence-electron chi connectivity index (χ0n) is 17.0. The van der Waals surface area contributed by atoms with Crippen molar-refractivity contribution in [1.82, 2.24) is 9.80 Å². The summed E-state index contributed by atoms with van der Waals surface area (Å²) in [4.78, 5) is 30.8. The van der Waals surface area contributed by atoms with E-state index in [4.69, 9.17) is 14.2 Å². The standard InChI is InChI=1S/C22H23N3O5S/c26-21-19(18-2-1-13-31-18)20(22(27)25(21)6-5-24-7-9-28-10-8-24)23-15-3-4-16-17(14-15)30-12-11-29-16/h1-4,13-14,23H,5-12H2. The maximum Gasteiger partial charge on any atom is 0.278 e. The third-order valence-electron chi connectivity index (χ3n) is 5.49. The number of hydrogen-bond acceptors (Lipinski definition) is 8. The Labute approximate surface area is 184 Å². The van der Waals surface area contributed by atoms with Crippen molar-refractivity contribution in [2.24, 2.45) is 0 Å². The van der Waals surface area contributed by atoms with Gasteiger partial charge in [0.1, 0.15) is 18.9 Å². The van der Waals surface area contributed by atoms with Crippen LogP contribution >= 0.6 is 11.3 Å². The molecule has 2 amide bonds. The molecule has 1 fully saturated rings. The second kappa shape index (κ2) is 8.70. The molecule has 9 heteroatoms. The zero-order chi connectivity index (χ0) is 21.2. The average Bonchev–Trinajstić information content (AvgIpc) is 3.40. The number of carbonyl (C=O) groups excluding carboxylic acids is 2. The van der Waals surface area contributed by atoms with E-state index in [0.717, 1.165) is 18.0 Å². The van der Waals surface area contributed by atoms with Crippen molar-refractivity contribution in [3.8, 4) is 11.5 Å². The predicted octanol–water partition coefficient (Wildman–Crippen LogP) is 2.04. The van der Waals surface area contributed by atoms with Crippen LogP contribution in [-0.2, 0) is 14.3 Å². The molecule has 3 aliphatic rings. The monoisotopic (exact) mass is 441 g/mol. The van der Waals surface area contributed by atoms with Crippen LogP contribution < -0.4 is 14.8 Å². The van der Waals surface area contributed by atoms with Gasteiger partial charge in [-0.25, -0.2) is 0 Å². The van der Waals surface area contributed by atoms with E-state index in [-0.39, 0.29) is 11.8 Å². The normalized spacial score (nSPS) is 19.3. The number of fused-ring (bicyclic) bond motifs is 1. The summed E-state index contributed by atoms with van der Waals surface area (Å²) in [5.74, 6) is 0.720. The number of nitrogens with one attached hydrogen (secondary N) is 1. The number of anilines is 1. The molecule has 8 nitrogen and oxygen atoms in total. The second-order valence-electron chi connectivity index (χ2n) is 7.43. The van der Waals surface area contributed by atoms with Crippen molar-refractivity contribution in [2.75, 3.05) is 57.9 Å². The third-order valence-corrected chi connectivity index (χ3v) is 6.38. The fourth-order valence-corrected chi connectivity index (χ4v) is 4.64. The van der Waals surface area contributed by atoms with Crippen LogP contribution in [0.5, 0.6) is 11.5 Å². The average molecular weight is 442 g/mol. The Morgan fingerprint density at radius 3 is 2.52 bits per heavy atom. The number of hydrogen-bond donors (Lipinski definition) is 1. The van der Waals surface area contributed by atoms with Crippen LogP contribution in [0, 0.1) is 0 Å². The minimum Gasteiger partial charge on any atom is -0.486 e. The van der Waals surface area contributed by atoms with Gasteiger partial charge in [-0.2, -0.15) is 0 Å². The molecule has 0 atom stereocenters. The number of benzene rings is 1. The van der Waals surface area contributed by atoms with Crippen LogP contribution in [0.4, 0.5) is 5.69 Å². The maximum absolute atomic E-state index is 13.3. The van der Waals surface area contributed by atoms with Crippen molar-refractivity contribution in [3.63, 3.8) is 0 Å². The summed E-state index contributed by atoms with van der Waals surface area (Å²) in [7, 11) is 0. The molecule has 3 aliphatic heterocycles. The van der Waals surface area contributed by atoms with Gasteiger partial charge in [0.15, 0.2) is 11.5 Å². The molecule has 0 saturated carbocycles. The summed E-state index contributed by atoms with van der Waals surface area (Å²) < 4.78 is 16.6. The molecule has 1 N–H and O–H groups in total. The molecule has 2 aromatic rings. The molecule has 0 spiro atoms. The SMILES string of the molecule is O=C1C(Nc2ccc3c(c2)OCCO3)=C(c2cccs2)C(=O)N1CCN1CCOCC1. The Hall–Kier alpha value is -2.88. The summed E-state index contributed by atoms with van der Waals surface area (Å²) in [5, 5.41) is 5.08. The van der Waals surface area contributed by atoms with Gasteiger partial charge in [0, 0.05) is 42.8 Å². The Kier molecular flexibility index (Phi) is 5.63. The Bertz CT molecular complexity index is 1010. The number of rotatable bonds is 6. The number of carbonyl (C=O) groups is 2. The number of imide groups is 1. The van der Waals surface area contributed by atoms with Gasteiger partial charge in [0.05, 0.1) is 18.8 Å². The van der Waals surface area contributed by atoms with Gasteiger partial charge in [0.25, 0.3) is 11.8 Å². The highest BCUT2D eigenvalue weighted by Crippen LogP contribution is 2.36. The molecule has 5 rings (SSSR count). The van der Waals surface area contributed by atoms with Crippen LogP contribution in [0.1, 0.15) is 4.88 Å². The first-order valence-corrected chi connectivity index (χ1v) is 11.2. The summed E-state index contributed by atoms with van der Waals surface area (Å²) in [6.07, 6.45) is 0. The lowest BCUT2D eigenvalue weighted by Gasteiger charge is -2.28. The first-order valence-electron chi connectivity index (χ1n) is 10.3. The van der Waals surface area contributed by atoms with Gasteiger partial charge in [-0.3, -0.25) is 19.4 Å². The van der Waals surface area contributed by atoms with Crippen molar-refractivity contribution in [1.29, 1.82) is 0 Å². The molecular weight excluding hydrogens is 418 g/mol. The van der Waals surface area contributed by atoms with Crippen LogP contribution in [-0.4, -0.2) is 74.2 Å². The molecule has 1 aromatic carbocycles. The molecule has 0 radical (unpaired) electrons. The highest BCUT2D eigenvalue weighted by atomic mass is 32.1. The Morgan fingerprint density at radius 2 is 1.74 bits per heavy atom. The van der Waals surface area contributed by atoms with Gasteiger partial charge >= 0.3 is 0 Å². The molecule has 162 valence electrons. The van der Waals surface area contributed by atoms with E-state index < -0.39 is 0 Å². The van der Waals surface area contributed by atoms with Crippen molar-refractivity contribution >= 4 is 34.4 Å². The first-order chi connectivity index (χ1) is 15.2. The zero-order valence-corrected chi connectivity index (χ0v) is 17.8. The summed E-state index contributed by atoms with van der Waals surface area (Å²) in [6.45, 7) is 4.95. The van der Waals surface area contributed by atoms with Gasteiger partial charge < -0.3 is 19.5 Å². The predicted molar refractivity (Wildman–Crippen MR) is 116 cm³/mol. The molecule has 1 aromatic heterocycles. The van der Waals surface area contributed by atoms with Crippen LogP contribution in [0.3, 0.4) is 0 Å². The molecule has 0 unspecified atom stereocenters. The lowest BCUT2D eigenvalue weighted by molar-refractivity contribution is -0.137. The van der Waals surface area contributed by atoms with Gasteiger partial charge in [-0.05, 0) is 23.6 Å². The largest absolute Gasteiger partial charge is 0.486 e. The summed E-state index contributed by atoms with van der Waals surface area (Å²) in [6, 6.07) is 9.16. The lowest BCUT2D eigenvalue weighted by atomic mass is 10.1. The van der Waals surface area contributed by atoms with E-state index in [1.54, 1.807) is 12.1 Å². The lowest BCUT2D eigenvalue weighted by Crippen LogP contribution is -2.43. The molecule has 0 aliphatic carbocycles. The summed E-state index contributed by atoms with van der Waals surface area (Å²) >= 11 is 1.44. The number of thiophene rings is 1. The molecule has 31 heavy (non-hydrogen) atoms. The van der Waals surface area contributed by atoms with Crippen molar-refractivity contribution < 1.29 is 23.8 Å². The molecule has 1 saturated heterocycles. The first kappa shape index (κ1) is 20.0. The number of nitrogens with zero attached hydrogens (tertiary/aromatic N) is 2. The minimum absolute atomic E-state index is 0.263. The molecular formula is C22H23N3O5S. The van der Waals surface area contributed by atoms with Gasteiger partial charge in [-0.15, -0.1) is 11.3 Å². The second-order valence-corrected chi connectivity index (χ2v) is 8.37. The molecule has 4 heterocycles. The quantitative estimate of drug-likeness (QED) is 0.687. The molecule has 0 bridgehead atoms. The van der Waals surface area contributed by atoms with Crippen molar-refractivity contribution in [2.45, 2.75) is 0 Å². The highest BCUT2D eigenvalue weighted by molar-refractivity contribution is 7.11. The van der Waals surface area contributed by atoms with E-state index in [2.05, 4.69) is 10.2 Å². The number of amides is 2. The number of morpholine rings is 1. The highest BCUT2D eigenvalue weighted by Gasteiger charge is 2.39. The van der Waals surface area contributed by atoms with E-state index in [1.165, 1.54) is 16.2 Å². The third kappa shape index (κ3) is 4.04. The fourth-order valence-electron chi connectivity index (χ4n) is 3.88. The van der Waals surface area contributed by atoms with E-state index in [0.29, 0.717) is 68.0 Å². The summed E-state index contributed by atoms with van der Waals surface area (Å²) in [5.41, 5.74) is 1.38.